The highest BCUT2D eigenvalue weighted by atomic mass is 16.3. The molecule has 14 heavy (non-hydrogen) atoms. The van der Waals surface area contributed by atoms with E-state index in [4.69, 9.17) is 0 Å². The first-order chi connectivity index (χ1) is 6.65. The van der Waals surface area contributed by atoms with Gasteiger partial charge in [-0.15, -0.1) is 0 Å². The average Bonchev–Trinajstić information content (AvgIpc) is 2.61. The van der Waals surface area contributed by atoms with Crippen LogP contribution in [0.25, 0.3) is 0 Å². The van der Waals surface area contributed by atoms with Crippen molar-refractivity contribution >= 4 is 0 Å². The lowest BCUT2D eigenvalue weighted by Gasteiger charge is -2.15. The average molecular weight is 196 g/mol. The van der Waals surface area contributed by atoms with Crippen molar-refractivity contribution in [2.75, 3.05) is 7.05 Å². The van der Waals surface area contributed by atoms with Crippen LogP contribution in [0.2, 0.25) is 0 Å². The topological polar surface area (TPSA) is 37.2 Å². The van der Waals surface area contributed by atoms with Gasteiger partial charge in [0.2, 0.25) is 0 Å². The molecule has 0 aliphatic heterocycles. The first kappa shape index (κ1) is 11.3. The van der Waals surface area contributed by atoms with Crippen molar-refractivity contribution in [1.29, 1.82) is 0 Å². The molecule has 0 fully saturated rings. The van der Waals surface area contributed by atoms with Gasteiger partial charge in [0.05, 0.1) is 6.10 Å². The highest BCUT2D eigenvalue weighted by Crippen LogP contribution is 2.13. The molecule has 0 aliphatic rings. The molecule has 0 aliphatic carbocycles. The highest BCUT2D eigenvalue weighted by molar-refractivity contribution is 5.11. The predicted molar refractivity (Wildman–Crippen MR) is 58.2 cm³/mol. The molecule has 0 bridgehead atoms. The third kappa shape index (κ3) is 2.86. The Balaban J connectivity index is 2.62. The van der Waals surface area contributed by atoms with Gasteiger partial charge < -0.3 is 15.0 Å². The van der Waals surface area contributed by atoms with Crippen LogP contribution in [0.3, 0.4) is 0 Å². The van der Waals surface area contributed by atoms with Crippen molar-refractivity contribution in [3.63, 3.8) is 0 Å². The number of aromatic nitrogens is 1. The Morgan fingerprint density at radius 1 is 1.50 bits per heavy atom. The Kier molecular flexibility index (Phi) is 4.17. The summed E-state index contributed by atoms with van der Waals surface area (Å²) in [6.45, 7) is 4.84. The molecule has 1 heterocycles. The van der Waals surface area contributed by atoms with Crippen molar-refractivity contribution in [3.05, 3.63) is 24.0 Å². The minimum absolute atomic E-state index is 0.227. The van der Waals surface area contributed by atoms with E-state index in [0.29, 0.717) is 6.04 Å². The third-order valence-corrected chi connectivity index (χ3v) is 2.53. The van der Waals surface area contributed by atoms with E-state index < -0.39 is 0 Å². The summed E-state index contributed by atoms with van der Waals surface area (Å²) < 4.78 is 2.19. The van der Waals surface area contributed by atoms with Crippen molar-refractivity contribution in [2.24, 2.45) is 0 Å². The third-order valence-electron chi connectivity index (χ3n) is 2.53. The first-order valence-electron chi connectivity index (χ1n) is 5.15. The van der Waals surface area contributed by atoms with Crippen LogP contribution in [-0.4, -0.2) is 22.8 Å². The van der Waals surface area contributed by atoms with E-state index in [2.05, 4.69) is 29.1 Å². The molecule has 2 N–H and O–H groups in total. The van der Waals surface area contributed by atoms with Crippen LogP contribution in [-0.2, 0) is 6.54 Å². The molecule has 0 saturated heterocycles. The summed E-state index contributed by atoms with van der Waals surface area (Å²) in [5, 5.41) is 12.4. The lowest BCUT2D eigenvalue weighted by atomic mass is 10.2. The van der Waals surface area contributed by atoms with Crippen LogP contribution in [0.5, 0.6) is 0 Å². The van der Waals surface area contributed by atoms with Gasteiger partial charge in [-0.2, -0.15) is 0 Å². The molecule has 3 nitrogen and oxygen atoms in total. The van der Waals surface area contributed by atoms with Gasteiger partial charge in [0.25, 0.3) is 0 Å². The van der Waals surface area contributed by atoms with Gasteiger partial charge in [-0.25, -0.2) is 0 Å². The summed E-state index contributed by atoms with van der Waals surface area (Å²) in [5.74, 6) is 0. The van der Waals surface area contributed by atoms with E-state index in [9.17, 15) is 5.11 Å². The number of hydrogen-bond acceptors (Lipinski definition) is 2. The van der Waals surface area contributed by atoms with Crippen molar-refractivity contribution in [2.45, 2.75) is 39.0 Å². The maximum Gasteiger partial charge on any atom is 0.0529 e. The molecule has 0 amide bonds. The number of aliphatic hydroxyl groups excluding tert-OH is 1. The largest absolute Gasteiger partial charge is 0.393 e. The number of nitrogens with zero attached hydrogens (tertiary/aromatic N) is 1. The minimum atomic E-state index is -0.227. The second kappa shape index (κ2) is 5.17. The molecule has 3 heteroatoms. The van der Waals surface area contributed by atoms with Crippen LogP contribution in [0.1, 0.15) is 32.0 Å². The molecule has 0 spiro atoms. The molecule has 80 valence electrons. The van der Waals surface area contributed by atoms with Crippen LogP contribution < -0.4 is 5.32 Å². The monoisotopic (exact) mass is 196 g/mol. The van der Waals surface area contributed by atoms with Crippen molar-refractivity contribution in [1.82, 2.24) is 9.88 Å². The standard InChI is InChI=1S/C11H20N2O/c1-9(14)6-8-13-7-4-5-11(13)10(2)12-3/h4-5,7,9-10,12,14H,6,8H2,1-3H3. The number of aliphatic hydroxyl groups is 1. The van der Waals surface area contributed by atoms with E-state index in [1.165, 1.54) is 5.69 Å². The Hall–Kier alpha value is -0.800. The van der Waals surface area contributed by atoms with E-state index in [0.717, 1.165) is 13.0 Å². The maximum atomic E-state index is 9.21. The molecule has 1 rings (SSSR count). The summed E-state index contributed by atoms with van der Waals surface area (Å²) >= 11 is 0. The molecule has 1 aromatic rings. The molecule has 2 unspecified atom stereocenters. The molecule has 2 atom stereocenters. The molecule has 0 saturated carbocycles. The van der Waals surface area contributed by atoms with Gasteiger partial charge in [0.15, 0.2) is 0 Å². The van der Waals surface area contributed by atoms with Crippen molar-refractivity contribution < 1.29 is 5.11 Å². The zero-order valence-corrected chi connectivity index (χ0v) is 9.20. The minimum Gasteiger partial charge on any atom is -0.393 e. The lowest BCUT2D eigenvalue weighted by Crippen LogP contribution is -2.17. The fourth-order valence-corrected chi connectivity index (χ4v) is 1.50. The van der Waals surface area contributed by atoms with Gasteiger partial charge in [-0.3, -0.25) is 0 Å². The van der Waals surface area contributed by atoms with E-state index in [1.807, 2.05) is 20.0 Å². The Bertz CT molecular complexity index is 268. The van der Waals surface area contributed by atoms with Gasteiger partial charge in [-0.05, 0) is 39.4 Å². The fraction of sp³-hybridized carbons (Fsp3) is 0.636. The zero-order valence-electron chi connectivity index (χ0n) is 9.20. The molecule has 0 aromatic carbocycles. The van der Waals surface area contributed by atoms with E-state index in [1.54, 1.807) is 0 Å². The van der Waals surface area contributed by atoms with Gasteiger partial charge in [0.1, 0.15) is 0 Å². The summed E-state index contributed by atoms with van der Waals surface area (Å²) in [7, 11) is 1.96. The zero-order chi connectivity index (χ0) is 10.6. The predicted octanol–water partition coefficient (Wildman–Crippen LogP) is 1.54. The van der Waals surface area contributed by atoms with Gasteiger partial charge in [-0.1, -0.05) is 0 Å². The SMILES string of the molecule is CNC(C)c1cccn1CCC(C)O. The highest BCUT2D eigenvalue weighted by Gasteiger charge is 2.07. The number of hydrogen-bond donors (Lipinski definition) is 2. The summed E-state index contributed by atoms with van der Waals surface area (Å²) in [5.41, 5.74) is 1.27. The summed E-state index contributed by atoms with van der Waals surface area (Å²) in [6, 6.07) is 4.52. The molecular formula is C11H20N2O. The second-order valence-corrected chi connectivity index (χ2v) is 3.77. The van der Waals surface area contributed by atoms with Gasteiger partial charge in [0, 0.05) is 24.5 Å². The molecular weight excluding hydrogens is 176 g/mol. The lowest BCUT2D eigenvalue weighted by molar-refractivity contribution is 0.177. The molecule has 0 radical (unpaired) electrons. The first-order valence-corrected chi connectivity index (χ1v) is 5.15. The van der Waals surface area contributed by atoms with E-state index >= 15 is 0 Å². The van der Waals surface area contributed by atoms with Crippen molar-refractivity contribution in [3.8, 4) is 0 Å². The van der Waals surface area contributed by atoms with Crippen LogP contribution in [0.4, 0.5) is 0 Å². The van der Waals surface area contributed by atoms with Crippen LogP contribution >= 0.6 is 0 Å². The van der Waals surface area contributed by atoms with Crippen LogP contribution in [0, 0.1) is 0 Å². The summed E-state index contributed by atoms with van der Waals surface area (Å²) in [4.78, 5) is 0. The maximum absolute atomic E-state index is 9.21. The fourth-order valence-electron chi connectivity index (χ4n) is 1.50. The molecule has 1 aromatic heterocycles. The number of aryl methyl sites for hydroxylation is 1. The Morgan fingerprint density at radius 3 is 2.79 bits per heavy atom. The Labute approximate surface area is 85.7 Å². The second-order valence-electron chi connectivity index (χ2n) is 3.77. The van der Waals surface area contributed by atoms with Gasteiger partial charge >= 0.3 is 0 Å². The number of nitrogens with one attached hydrogen (secondary N) is 1. The Morgan fingerprint density at radius 2 is 2.21 bits per heavy atom. The number of rotatable bonds is 5. The van der Waals surface area contributed by atoms with Crippen LogP contribution in [0.15, 0.2) is 18.3 Å². The summed E-state index contributed by atoms with van der Waals surface area (Å²) in [6.07, 6.45) is 2.64. The van der Waals surface area contributed by atoms with E-state index in [-0.39, 0.29) is 6.10 Å². The quantitative estimate of drug-likeness (QED) is 0.749. The normalized spacial score (nSPS) is 15.4. The smallest absolute Gasteiger partial charge is 0.0529 e.